The number of nitrogens with zero attached hydrogens (tertiary/aromatic N) is 1. The molecule has 0 aromatic heterocycles. The fourth-order valence-corrected chi connectivity index (χ4v) is 2.43. The highest BCUT2D eigenvalue weighted by Gasteiger charge is 2.19. The number of carbonyl (C=O) groups is 1. The normalized spacial score (nSPS) is 19.2. The maximum Gasteiger partial charge on any atom is 0.387 e. The highest BCUT2D eigenvalue weighted by molar-refractivity contribution is 6.32. The minimum absolute atomic E-state index is 0.0121. The van der Waals surface area contributed by atoms with Crippen molar-refractivity contribution in [3.8, 4) is 5.75 Å². The number of hydrogen-bond acceptors (Lipinski definition) is 4. The molecule has 2 rings (SSSR count). The SMILES string of the molecule is CC1CN(CC(=O)Nc2ccc(OC(F)F)c(Cl)c2)CCO1. The number of benzene rings is 1. The first-order valence-electron chi connectivity index (χ1n) is 6.82. The number of rotatable bonds is 5. The van der Waals surface area contributed by atoms with Crippen LogP contribution in [0.25, 0.3) is 0 Å². The number of amides is 1. The quantitative estimate of drug-likeness (QED) is 0.899. The number of halogens is 3. The van der Waals surface area contributed by atoms with Crippen molar-refractivity contribution in [2.24, 2.45) is 0 Å². The van der Waals surface area contributed by atoms with Crippen molar-refractivity contribution < 1.29 is 23.0 Å². The van der Waals surface area contributed by atoms with Gasteiger partial charge in [0.1, 0.15) is 5.75 Å². The Bertz CT molecular complexity index is 531. The minimum atomic E-state index is -2.94. The lowest BCUT2D eigenvalue weighted by Gasteiger charge is -2.30. The third kappa shape index (κ3) is 5.08. The summed E-state index contributed by atoms with van der Waals surface area (Å²) < 4.78 is 33.9. The van der Waals surface area contributed by atoms with Gasteiger partial charge in [-0.15, -0.1) is 0 Å². The topological polar surface area (TPSA) is 50.8 Å². The molecule has 1 saturated heterocycles. The molecule has 1 aromatic rings. The van der Waals surface area contributed by atoms with Crippen LogP contribution in [0.2, 0.25) is 5.02 Å². The molecular weight excluding hydrogens is 318 g/mol. The average Bonchev–Trinajstić information content (AvgIpc) is 2.41. The summed E-state index contributed by atoms with van der Waals surface area (Å²) in [5, 5.41) is 2.69. The van der Waals surface area contributed by atoms with Crippen molar-refractivity contribution in [3.63, 3.8) is 0 Å². The summed E-state index contributed by atoms with van der Waals surface area (Å²) in [7, 11) is 0. The van der Waals surface area contributed by atoms with E-state index in [4.69, 9.17) is 16.3 Å². The lowest BCUT2D eigenvalue weighted by molar-refractivity contribution is -0.119. The standard InChI is InChI=1S/C14H17ClF2N2O3/c1-9-7-19(4-5-21-9)8-13(20)18-10-2-3-12(11(15)6-10)22-14(16)17/h2-3,6,9,14H,4-5,7-8H2,1H3,(H,18,20). The Balaban J connectivity index is 1.89. The molecule has 0 saturated carbocycles. The second-order valence-corrected chi connectivity index (χ2v) is 5.40. The molecule has 1 aliphatic rings. The van der Waals surface area contributed by atoms with E-state index in [0.29, 0.717) is 25.4 Å². The monoisotopic (exact) mass is 334 g/mol. The predicted octanol–water partition coefficient (Wildman–Crippen LogP) is 2.60. The van der Waals surface area contributed by atoms with Crippen LogP contribution in [-0.4, -0.2) is 49.8 Å². The third-order valence-electron chi connectivity index (χ3n) is 3.12. The third-order valence-corrected chi connectivity index (χ3v) is 3.42. The van der Waals surface area contributed by atoms with Gasteiger partial charge in [-0.2, -0.15) is 8.78 Å². The van der Waals surface area contributed by atoms with E-state index in [1.807, 2.05) is 11.8 Å². The number of hydrogen-bond donors (Lipinski definition) is 1. The van der Waals surface area contributed by atoms with Crippen LogP contribution in [0.1, 0.15) is 6.92 Å². The fraction of sp³-hybridized carbons (Fsp3) is 0.500. The Morgan fingerprint density at radius 1 is 1.59 bits per heavy atom. The molecule has 1 fully saturated rings. The predicted molar refractivity (Wildman–Crippen MR) is 78.6 cm³/mol. The van der Waals surface area contributed by atoms with Crippen molar-refractivity contribution in [3.05, 3.63) is 23.2 Å². The largest absolute Gasteiger partial charge is 0.433 e. The van der Waals surface area contributed by atoms with Gasteiger partial charge >= 0.3 is 6.61 Å². The smallest absolute Gasteiger partial charge is 0.387 e. The molecule has 0 aliphatic carbocycles. The maximum atomic E-state index is 12.1. The zero-order valence-electron chi connectivity index (χ0n) is 12.0. The Kier molecular flexibility index (Phi) is 5.93. The van der Waals surface area contributed by atoms with Crippen molar-refractivity contribution in [1.82, 2.24) is 4.90 Å². The molecule has 0 spiro atoms. The molecule has 1 N–H and O–H groups in total. The van der Waals surface area contributed by atoms with E-state index in [9.17, 15) is 13.6 Å². The van der Waals surface area contributed by atoms with Crippen molar-refractivity contribution in [1.29, 1.82) is 0 Å². The molecule has 5 nitrogen and oxygen atoms in total. The highest BCUT2D eigenvalue weighted by Crippen LogP contribution is 2.28. The van der Waals surface area contributed by atoms with Gasteiger partial charge in [0.25, 0.3) is 0 Å². The molecule has 8 heteroatoms. The van der Waals surface area contributed by atoms with Crippen LogP contribution < -0.4 is 10.1 Å². The van der Waals surface area contributed by atoms with E-state index in [0.717, 1.165) is 0 Å². The van der Waals surface area contributed by atoms with Crippen LogP contribution in [0, 0.1) is 0 Å². The van der Waals surface area contributed by atoms with Gasteiger partial charge in [-0.05, 0) is 25.1 Å². The van der Waals surface area contributed by atoms with Crippen LogP contribution in [0.4, 0.5) is 14.5 Å². The Morgan fingerprint density at radius 3 is 3.00 bits per heavy atom. The van der Waals surface area contributed by atoms with Gasteiger partial charge in [-0.25, -0.2) is 0 Å². The van der Waals surface area contributed by atoms with Crippen LogP contribution in [-0.2, 0) is 9.53 Å². The highest BCUT2D eigenvalue weighted by atomic mass is 35.5. The Labute approximate surface area is 132 Å². The van der Waals surface area contributed by atoms with Gasteiger partial charge in [0.15, 0.2) is 0 Å². The molecular formula is C14H17ClF2N2O3. The molecule has 1 amide bonds. The summed E-state index contributed by atoms with van der Waals surface area (Å²) in [5.41, 5.74) is 0.429. The zero-order chi connectivity index (χ0) is 16.1. The zero-order valence-corrected chi connectivity index (χ0v) is 12.8. The van der Waals surface area contributed by atoms with Crippen molar-refractivity contribution in [2.45, 2.75) is 19.6 Å². The van der Waals surface area contributed by atoms with Crippen molar-refractivity contribution in [2.75, 3.05) is 31.6 Å². The van der Waals surface area contributed by atoms with Gasteiger partial charge in [-0.1, -0.05) is 11.6 Å². The molecule has 1 aliphatic heterocycles. The Morgan fingerprint density at radius 2 is 2.36 bits per heavy atom. The summed E-state index contributed by atoms with van der Waals surface area (Å²) in [6.07, 6.45) is 0.0989. The first-order valence-corrected chi connectivity index (χ1v) is 7.20. The number of carbonyl (C=O) groups excluding carboxylic acids is 1. The van der Waals surface area contributed by atoms with E-state index >= 15 is 0 Å². The summed E-state index contributed by atoms with van der Waals surface area (Å²) in [6, 6.07) is 4.13. The van der Waals surface area contributed by atoms with Crippen LogP contribution in [0.3, 0.4) is 0 Å². The molecule has 1 heterocycles. The van der Waals surface area contributed by atoms with Crippen LogP contribution in [0.15, 0.2) is 18.2 Å². The number of ether oxygens (including phenoxy) is 2. The fourth-order valence-electron chi connectivity index (χ4n) is 2.21. The summed E-state index contributed by atoms with van der Waals surface area (Å²) in [4.78, 5) is 14.0. The molecule has 22 heavy (non-hydrogen) atoms. The molecule has 1 aromatic carbocycles. The van der Waals surface area contributed by atoms with E-state index in [2.05, 4.69) is 10.1 Å². The molecule has 0 radical (unpaired) electrons. The molecule has 1 unspecified atom stereocenters. The number of anilines is 1. The van der Waals surface area contributed by atoms with Crippen LogP contribution in [0.5, 0.6) is 5.75 Å². The summed E-state index contributed by atoms with van der Waals surface area (Å²) in [5.74, 6) is -0.329. The van der Waals surface area contributed by atoms with E-state index in [1.54, 1.807) is 0 Å². The van der Waals surface area contributed by atoms with Crippen LogP contribution >= 0.6 is 11.6 Å². The number of morpholine rings is 1. The number of alkyl halides is 2. The van der Waals surface area contributed by atoms with E-state index in [1.165, 1.54) is 18.2 Å². The average molecular weight is 335 g/mol. The van der Waals surface area contributed by atoms with Gasteiger partial charge in [0.2, 0.25) is 5.91 Å². The van der Waals surface area contributed by atoms with Gasteiger partial charge in [0.05, 0.1) is 24.3 Å². The van der Waals surface area contributed by atoms with Gasteiger partial charge in [0, 0.05) is 18.8 Å². The molecule has 122 valence electrons. The molecule has 1 atom stereocenters. The maximum absolute atomic E-state index is 12.1. The lowest BCUT2D eigenvalue weighted by Crippen LogP contribution is -2.44. The van der Waals surface area contributed by atoms with E-state index < -0.39 is 6.61 Å². The van der Waals surface area contributed by atoms with Gasteiger partial charge < -0.3 is 14.8 Å². The second kappa shape index (κ2) is 7.71. The van der Waals surface area contributed by atoms with Gasteiger partial charge in [-0.3, -0.25) is 9.69 Å². The number of nitrogens with one attached hydrogen (secondary N) is 1. The summed E-state index contributed by atoms with van der Waals surface area (Å²) >= 11 is 5.83. The molecule has 0 bridgehead atoms. The first-order chi connectivity index (χ1) is 10.4. The second-order valence-electron chi connectivity index (χ2n) is 4.99. The summed E-state index contributed by atoms with van der Waals surface area (Å²) in [6.45, 7) is 1.22. The lowest BCUT2D eigenvalue weighted by atomic mass is 10.2. The van der Waals surface area contributed by atoms with E-state index in [-0.39, 0.29) is 29.3 Å². The van der Waals surface area contributed by atoms with Crippen molar-refractivity contribution >= 4 is 23.2 Å². The Hall–Kier alpha value is -1.44. The first kappa shape index (κ1) is 16.9. The minimum Gasteiger partial charge on any atom is -0.433 e.